The molecule has 1 saturated heterocycles. The van der Waals surface area contributed by atoms with E-state index in [4.69, 9.17) is 14.2 Å². The Kier molecular flexibility index (Phi) is 51.7. The van der Waals surface area contributed by atoms with Gasteiger partial charge in [0.25, 0.3) is 0 Å². The molecule has 1 aliphatic heterocycles. The Morgan fingerprint density at radius 1 is 0.500 bits per heavy atom. The summed E-state index contributed by atoms with van der Waals surface area (Å²) >= 11 is 0. The Bertz CT molecular complexity index is 1500. The molecule has 8 unspecified atom stereocenters. The zero-order chi connectivity index (χ0) is 56.8. The number of carbonyl (C=O) groups is 2. The largest absolute Gasteiger partial charge is 0.454 e. The van der Waals surface area contributed by atoms with Crippen molar-refractivity contribution in [1.82, 2.24) is 5.32 Å². The van der Waals surface area contributed by atoms with Crippen LogP contribution in [0.2, 0.25) is 0 Å². The molecule has 0 aromatic rings. The van der Waals surface area contributed by atoms with Crippen LogP contribution < -0.4 is 5.32 Å². The summed E-state index contributed by atoms with van der Waals surface area (Å²) in [4.78, 5) is 26.5. The molecule has 11 nitrogen and oxygen atoms in total. The van der Waals surface area contributed by atoms with Crippen LogP contribution in [0.25, 0.3) is 0 Å². The molecule has 78 heavy (non-hydrogen) atoms. The number of hydrogen-bond acceptors (Lipinski definition) is 10. The van der Waals surface area contributed by atoms with Crippen LogP contribution in [-0.2, 0) is 23.8 Å². The van der Waals surface area contributed by atoms with Gasteiger partial charge >= 0.3 is 5.97 Å². The van der Waals surface area contributed by atoms with E-state index in [0.717, 1.165) is 83.5 Å². The first-order valence-corrected chi connectivity index (χ1v) is 32.6. The molecule has 0 spiro atoms. The molecule has 0 bridgehead atoms. The predicted molar refractivity (Wildman–Crippen MR) is 324 cm³/mol. The fourth-order valence-electron chi connectivity index (χ4n) is 9.99. The highest BCUT2D eigenvalue weighted by Crippen LogP contribution is 2.26. The molecule has 0 aromatic carbocycles. The summed E-state index contributed by atoms with van der Waals surface area (Å²) < 4.78 is 17.6. The van der Waals surface area contributed by atoms with Gasteiger partial charge in [0.15, 0.2) is 12.4 Å². The van der Waals surface area contributed by atoms with E-state index in [1.807, 2.05) is 6.08 Å². The minimum Gasteiger partial charge on any atom is -0.454 e. The van der Waals surface area contributed by atoms with Crippen molar-refractivity contribution in [2.24, 2.45) is 0 Å². The molecule has 0 saturated carbocycles. The van der Waals surface area contributed by atoms with Gasteiger partial charge in [-0.1, -0.05) is 274 Å². The monoisotopic (exact) mass is 1100 g/mol. The summed E-state index contributed by atoms with van der Waals surface area (Å²) in [7, 11) is 0. The number of carbonyl (C=O) groups excluding carboxylic acids is 2. The van der Waals surface area contributed by atoms with Crippen molar-refractivity contribution in [1.29, 1.82) is 0 Å². The third-order valence-corrected chi connectivity index (χ3v) is 15.2. The summed E-state index contributed by atoms with van der Waals surface area (Å²) in [6.45, 7) is 5.77. The molecule has 454 valence electrons. The van der Waals surface area contributed by atoms with Crippen LogP contribution in [0.3, 0.4) is 0 Å². The molecule has 1 rings (SSSR count). The molecule has 11 heteroatoms. The van der Waals surface area contributed by atoms with Gasteiger partial charge < -0.3 is 45.1 Å². The van der Waals surface area contributed by atoms with Crippen molar-refractivity contribution < 1.29 is 49.3 Å². The highest BCUT2D eigenvalue weighted by molar-refractivity contribution is 5.80. The maximum Gasteiger partial charge on any atom is 0.306 e. The number of aliphatic hydroxyl groups is 5. The molecule has 1 fully saturated rings. The van der Waals surface area contributed by atoms with Crippen molar-refractivity contribution in [2.75, 3.05) is 13.2 Å². The average molecular weight is 1100 g/mol. The van der Waals surface area contributed by atoms with Crippen LogP contribution in [0.1, 0.15) is 290 Å². The summed E-state index contributed by atoms with van der Waals surface area (Å²) in [5.41, 5.74) is 0. The van der Waals surface area contributed by atoms with E-state index in [2.05, 4.69) is 74.7 Å². The van der Waals surface area contributed by atoms with Crippen molar-refractivity contribution in [3.63, 3.8) is 0 Å². The van der Waals surface area contributed by atoms with Crippen molar-refractivity contribution in [3.05, 3.63) is 60.8 Å². The first-order chi connectivity index (χ1) is 38.2. The first-order valence-electron chi connectivity index (χ1n) is 32.6. The fraction of sp³-hybridized carbons (Fsp3) is 0.821. The molecule has 1 aliphatic rings. The van der Waals surface area contributed by atoms with Gasteiger partial charge in [-0.05, 0) is 70.6 Å². The maximum absolute atomic E-state index is 13.4. The van der Waals surface area contributed by atoms with Crippen molar-refractivity contribution in [2.45, 2.75) is 339 Å². The van der Waals surface area contributed by atoms with Crippen LogP contribution in [0, 0.1) is 0 Å². The highest BCUT2D eigenvalue weighted by Gasteiger charge is 2.47. The van der Waals surface area contributed by atoms with Crippen LogP contribution in [-0.4, -0.2) is 99.6 Å². The third kappa shape index (κ3) is 42.2. The molecular formula is C67H121NO10. The smallest absolute Gasteiger partial charge is 0.306 e. The van der Waals surface area contributed by atoms with Gasteiger partial charge in [0.2, 0.25) is 5.91 Å². The third-order valence-electron chi connectivity index (χ3n) is 15.2. The van der Waals surface area contributed by atoms with E-state index in [1.54, 1.807) is 6.08 Å². The lowest BCUT2D eigenvalue weighted by Gasteiger charge is -2.41. The van der Waals surface area contributed by atoms with Crippen molar-refractivity contribution in [3.8, 4) is 0 Å². The van der Waals surface area contributed by atoms with E-state index >= 15 is 0 Å². The minimum absolute atomic E-state index is 0.125. The quantitative estimate of drug-likeness (QED) is 0.0195. The Morgan fingerprint density at radius 2 is 0.885 bits per heavy atom. The number of ether oxygens (including phenoxy) is 3. The fourth-order valence-corrected chi connectivity index (χ4v) is 9.99. The maximum atomic E-state index is 13.4. The summed E-state index contributed by atoms with van der Waals surface area (Å²) in [5.74, 6) is -1.19. The van der Waals surface area contributed by atoms with Gasteiger partial charge in [-0.25, -0.2) is 0 Å². The van der Waals surface area contributed by atoms with Crippen LogP contribution in [0.15, 0.2) is 60.8 Å². The molecule has 1 heterocycles. The number of nitrogens with one attached hydrogen (secondary N) is 1. The zero-order valence-corrected chi connectivity index (χ0v) is 50.3. The number of hydrogen-bond donors (Lipinski definition) is 6. The topological polar surface area (TPSA) is 175 Å². The lowest BCUT2D eigenvalue weighted by Crippen LogP contribution is -2.61. The molecule has 0 aromatic heterocycles. The number of unbranched alkanes of at least 4 members (excludes halogenated alkanes) is 33. The second-order valence-electron chi connectivity index (χ2n) is 22.5. The molecular weight excluding hydrogens is 979 g/mol. The Labute approximate surface area is 478 Å². The number of amides is 1. The Hall–Kier alpha value is -2.64. The van der Waals surface area contributed by atoms with Crippen LogP contribution in [0.5, 0.6) is 0 Å². The Balaban J connectivity index is 2.62. The average Bonchev–Trinajstić information content (AvgIpc) is 3.45. The molecule has 8 atom stereocenters. The van der Waals surface area contributed by atoms with E-state index in [0.29, 0.717) is 12.8 Å². The van der Waals surface area contributed by atoms with Gasteiger partial charge in [0.05, 0.1) is 25.4 Å². The summed E-state index contributed by atoms with van der Waals surface area (Å²) in [5, 5.41) is 57.0. The van der Waals surface area contributed by atoms with Gasteiger partial charge in [0.1, 0.15) is 24.4 Å². The molecule has 0 aliphatic carbocycles. The minimum atomic E-state index is -1.61. The lowest BCUT2D eigenvalue weighted by molar-refractivity contribution is -0.305. The van der Waals surface area contributed by atoms with Crippen molar-refractivity contribution >= 4 is 11.9 Å². The molecule has 1 amide bonds. The molecule has 0 radical (unpaired) electrons. The van der Waals surface area contributed by atoms with E-state index in [-0.39, 0.29) is 19.4 Å². The number of allylic oxidation sites excluding steroid dienone is 9. The van der Waals surface area contributed by atoms with Gasteiger partial charge in [-0.2, -0.15) is 0 Å². The standard InChI is InChI=1S/C67H121NO10/c1-4-7-10-13-16-19-22-25-26-27-28-29-30-31-32-33-34-35-37-39-42-45-48-51-54-60(71)66(75)68-58(59(70)53-50-47-44-41-38-24-21-18-15-12-9-6-3)57-76-67-65(64(74)63(73)61(56-69)77-67)78-62(72)55-52-49-46-43-40-36-23-20-17-14-11-8-5-2/h16,19,25-26,28-29,31-32,50,53,58-61,63-65,67,69-71,73-74H,4-15,17-18,20-24,27,30,33-49,51-52,54-57H2,1-3H3,(H,68,75)/b19-16-,26-25-,29-28-,32-31-,53-50+. The first kappa shape index (κ1) is 73.4. The highest BCUT2D eigenvalue weighted by atomic mass is 16.7. The van der Waals surface area contributed by atoms with Gasteiger partial charge in [-0.3, -0.25) is 9.59 Å². The number of esters is 1. The summed E-state index contributed by atoms with van der Waals surface area (Å²) in [6.07, 6.45) is 58.3. The predicted octanol–water partition coefficient (Wildman–Crippen LogP) is 15.8. The molecule has 6 N–H and O–H groups in total. The van der Waals surface area contributed by atoms with Crippen LogP contribution in [0.4, 0.5) is 0 Å². The second kappa shape index (κ2) is 54.9. The summed E-state index contributed by atoms with van der Waals surface area (Å²) in [6, 6.07) is -1.03. The van der Waals surface area contributed by atoms with E-state index in [9.17, 15) is 35.1 Å². The number of aliphatic hydroxyl groups excluding tert-OH is 5. The number of rotatable bonds is 55. The normalized spacial score (nSPS) is 19.3. The van der Waals surface area contributed by atoms with Crippen LogP contribution >= 0.6 is 0 Å². The zero-order valence-electron chi connectivity index (χ0n) is 50.3. The SMILES string of the molecule is CCCCC/C=C\C/C=C\C/C=C\C/C=C\CCCCCCCCCCC(O)C(=O)NC(COC1OC(CO)C(O)C(O)C1OC(=O)CCCCCCCCCCCCCCC)C(O)/C=C/CCCCCCCCCCCC. The van der Waals surface area contributed by atoms with Gasteiger partial charge in [0, 0.05) is 6.42 Å². The lowest BCUT2D eigenvalue weighted by atomic mass is 9.99. The van der Waals surface area contributed by atoms with E-state index < -0.39 is 67.4 Å². The Morgan fingerprint density at radius 3 is 1.35 bits per heavy atom. The van der Waals surface area contributed by atoms with E-state index in [1.165, 1.54) is 161 Å². The second-order valence-corrected chi connectivity index (χ2v) is 22.5. The van der Waals surface area contributed by atoms with Gasteiger partial charge in [-0.15, -0.1) is 0 Å².